The molecule has 0 amide bonds. The molecular weight excluding hydrogens is 156 g/mol. The first-order chi connectivity index (χ1) is 5.27. The van der Waals surface area contributed by atoms with Crippen LogP contribution in [0.3, 0.4) is 0 Å². The lowest BCUT2D eigenvalue weighted by atomic mass is 10.1. The smallest absolute Gasteiger partial charge is 0.0449 e. The second-order valence-corrected chi connectivity index (χ2v) is 3.33. The van der Waals surface area contributed by atoms with E-state index < -0.39 is 0 Å². The van der Waals surface area contributed by atoms with E-state index in [1.807, 2.05) is 6.07 Å². The Morgan fingerprint density at radius 2 is 2.18 bits per heavy atom. The maximum absolute atomic E-state index is 6.03. The lowest BCUT2D eigenvalue weighted by Gasteiger charge is -2.02. The molecule has 56 valence electrons. The summed E-state index contributed by atoms with van der Waals surface area (Å²) in [6.45, 7) is 2.07. The average molecular weight is 165 g/mol. The van der Waals surface area contributed by atoms with E-state index in [-0.39, 0.29) is 0 Å². The highest BCUT2D eigenvalue weighted by Gasteiger charge is 2.08. The van der Waals surface area contributed by atoms with Gasteiger partial charge in [0.05, 0.1) is 0 Å². The standard InChI is InChI=1S/C10H9Cl/c1-7-5-8-3-2-4-9(8)10(11)6-7/h2-3,5-6H,4H2,1H3. The van der Waals surface area contributed by atoms with Gasteiger partial charge in [0.25, 0.3) is 0 Å². The molecule has 11 heavy (non-hydrogen) atoms. The minimum atomic E-state index is 0.907. The van der Waals surface area contributed by atoms with Gasteiger partial charge in [-0.1, -0.05) is 29.8 Å². The topological polar surface area (TPSA) is 0 Å². The third kappa shape index (κ3) is 1.08. The second-order valence-electron chi connectivity index (χ2n) is 2.92. The molecule has 0 atom stereocenters. The molecule has 1 aromatic rings. The normalized spacial score (nSPS) is 13.6. The van der Waals surface area contributed by atoms with E-state index in [4.69, 9.17) is 11.6 Å². The Bertz CT molecular complexity index is 324. The molecule has 1 aliphatic carbocycles. The molecule has 0 spiro atoms. The van der Waals surface area contributed by atoms with Gasteiger partial charge in [0, 0.05) is 5.02 Å². The van der Waals surface area contributed by atoms with Crippen molar-refractivity contribution in [2.45, 2.75) is 13.3 Å². The molecule has 1 aromatic carbocycles. The molecule has 0 N–H and O–H groups in total. The van der Waals surface area contributed by atoms with Gasteiger partial charge >= 0.3 is 0 Å². The fourth-order valence-electron chi connectivity index (χ4n) is 1.47. The van der Waals surface area contributed by atoms with Crippen molar-refractivity contribution in [2.24, 2.45) is 0 Å². The highest BCUT2D eigenvalue weighted by atomic mass is 35.5. The molecule has 0 heterocycles. The van der Waals surface area contributed by atoms with Crippen molar-refractivity contribution in [3.05, 3.63) is 39.9 Å². The second kappa shape index (κ2) is 2.38. The molecule has 0 aromatic heterocycles. The van der Waals surface area contributed by atoms with E-state index in [9.17, 15) is 0 Å². The van der Waals surface area contributed by atoms with E-state index in [2.05, 4.69) is 25.1 Å². The summed E-state index contributed by atoms with van der Waals surface area (Å²) in [7, 11) is 0. The van der Waals surface area contributed by atoms with Crippen LogP contribution < -0.4 is 0 Å². The van der Waals surface area contributed by atoms with Gasteiger partial charge in [-0.2, -0.15) is 0 Å². The van der Waals surface area contributed by atoms with Crippen LogP contribution in [0.2, 0.25) is 5.02 Å². The van der Waals surface area contributed by atoms with Crippen LogP contribution in [0.4, 0.5) is 0 Å². The average Bonchev–Trinajstić information content (AvgIpc) is 2.34. The van der Waals surface area contributed by atoms with Crippen LogP contribution in [-0.4, -0.2) is 0 Å². The summed E-state index contributed by atoms with van der Waals surface area (Å²) < 4.78 is 0. The number of hydrogen-bond acceptors (Lipinski definition) is 0. The van der Waals surface area contributed by atoms with E-state index in [0.29, 0.717) is 0 Å². The summed E-state index contributed by atoms with van der Waals surface area (Å²) in [5, 5.41) is 0.907. The SMILES string of the molecule is Cc1cc(Cl)c2c(c1)C=CC2. The Kier molecular flexibility index (Phi) is 1.50. The maximum Gasteiger partial charge on any atom is 0.0449 e. The van der Waals surface area contributed by atoms with Gasteiger partial charge in [-0.15, -0.1) is 0 Å². The van der Waals surface area contributed by atoms with Crippen molar-refractivity contribution in [2.75, 3.05) is 0 Å². The Morgan fingerprint density at radius 1 is 1.36 bits per heavy atom. The summed E-state index contributed by atoms with van der Waals surface area (Å²) in [4.78, 5) is 0. The van der Waals surface area contributed by atoms with Gasteiger partial charge in [0.2, 0.25) is 0 Å². The Hall–Kier alpha value is -0.750. The number of rotatable bonds is 0. The zero-order chi connectivity index (χ0) is 7.84. The van der Waals surface area contributed by atoms with E-state index >= 15 is 0 Å². The molecule has 0 unspecified atom stereocenters. The predicted octanol–water partition coefficient (Wildman–Crippen LogP) is 3.22. The predicted molar refractivity (Wildman–Crippen MR) is 48.9 cm³/mol. The van der Waals surface area contributed by atoms with Crippen LogP contribution in [0.25, 0.3) is 6.08 Å². The van der Waals surface area contributed by atoms with Crippen molar-refractivity contribution < 1.29 is 0 Å². The van der Waals surface area contributed by atoms with Gasteiger partial charge in [-0.25, -0.2) is 0 Å². The van der Waals surface area contributed by atoms with Crippen LogP contribution in [0.1, 0.15) is 16.7 Å². The van der Waals surface area contributed by atoms with E-state index in [0.717, 1.165) is 11.4 Å². The number of fused-ring (bicyclic) bond motifs is 1. The third-order valence-corrected chi connectivity index (χ3v) is 2.33. The van der Waals surface area contributed by atoms with Crippen molar-refractivity contribution in [3.8, 4) is 0 Å². The van der Waals surface area contributed by atoms with E-state index in [1.54, 1.807) is 0 Å². The molecule has 0 fully saturated rings. The van der Waals surface area contributed by atoms with Crippen molar-refractivity contribution in [3.63, 3.8) is 0 Å². The summed E-state index contributed by atoms with van der Waals surface area (Å²) in [6, 6.07) is 4.19. The molecule has 0 saturated heterocycles. The highest BCUT2D eigenvalue weighted by molar-refractivity contribution is 6.31. The third-order valence-electron chi connectivity index (χ3n) is 1.99. The fourth-order valence-corrected chi connectivity index (χ4v) is 1.83. The lowest BCUT2D eigenvalue weighted by molar-refractivity contribution is 1.29. The summed E-state index contributed by atoms with van der Waals surface area (Å²) in [6.07, 6.45) is 5.28. The summed E-state index contributed by atoms with van der Waals surface area (Å²) >= 11 is 6.03. The zero-order valence-electron chi connectivity index (χ0n) is 6.39. The Morgan fingerprint density at radius 3 is 3.00 bits per heavy atom. The number of hydrogen-bond donors (Lipinski definition) is 0. The summed E-state index contributed by atoms with van der Waals surface area (Å²) in [5.41, 5.74) is 3.80. The molecule has 0 bridgehead atoms. The largest absolute Gasteiger partial charge is 0.0840 e. The number of allylic oxidation sites excluding steroid dienone is 1. The van der Waals surface area contributed by atoms with Gasteiger partial charge in [0.1, 0.15) is 0 Å². The van der Waals surface area contributed by atoms with Crippen LogP contribution >= 0.6 is 11.6 Å². The number of halogens is 1. The van der Waals surface area contributed by atoms with Crippen LogP contribution in [0.5, 0.6) is 0 Å². The maximum atomic E-state index is 6.03. The van der Waals surface area contributed by atoms with Crippen LogP contribution in [0, 0.1) is 6.92 Å². The van der Waals surface area contributed by atoms with Gasteiger partial charge in [0.15, 0.2) is 0 Å². The van der Waals surface area contributed by atoms with Crippen LogP contribution in [-0.2, 0) is 6.42 Å². The van der Waals surface area contributed by atoms with Crippen LogP contribution in [0.15, 0.2) is 18.2 Å². The lowest BCUT2D eigenvalue weighted by Crippen LogP contribution is -1.84. The van der Waals surface area contributed by atoms with Crippen molar-refractivity contribution in [1.82, 2.24) is 0 Å². The first-order valence-electron chi connectivity index (χ1n) is 3.73. The first kappa shape index (κ1) is 6.93. The molecule has 0 saturated carbocycles. The van der Waals surface area contributed by atoms with Gasteiger partial charge in [-0.05, 0) is 36.1 Å². The molecule has 2 rings (SSSR count). The first-order valence-corrected chi connectivity index (χ1v) is 4.11. The van der Waals surface area contributed by atoms with Crippen molar-refractivity contribution >= 4 is 17.7 Å². The molecule has 0 aliphatic heterocycles. The molecule has 0 nitrogen and oxygen atoms in total. The summed E-state index contributed by atoms with van der Waals surface area (Å²) in [5.74, 6) is 0. The van der Waals surface area contributed by atoms with E-state index in [1.165, 1.54) is 16.7 Å². The Balaban J connectivity index is 2.66. The van der Waals surface area contributed by atoms with Gasteiger partial charge < -0.3 is 0 Å². The highest BCUT2D eigenvalue weighted by Crippen LogP contribution is 2.28. The van der Waals surface area contributed by atoms with Crippen molar-refractivity contribution in [1.29, 1.82) is 0 Å². The number of benzene rings is 1. The molecular formula is C10H9Cl. The zero-order valence-corrected chi connectivity index (χ0v) is 7.15. The number of aryl methyl sites for hydroxylation is 1. The fraction of sp³-hybridized carbons (Fsp3) is 0.200. The minimum absolute atomic E-state index is 0.907. The monoisotopic (exact) mass is 164 g/mol. The minimum Gasteiger partial charge on any atom is -0.0840 e. The van der Waals surface area contributed by atoms with Gasteiger partial charge in [-0.3, -0.25) is 0 Å². The molecule has 1 aliphatic rings. The Labute approximate surface area is 71.5 Å². The molecule has 1 heteroatoms. The quantitative estimate of drug-likeness (QED) is 0.553. The molecule has 0 radical (unpaired) electrons.